The smallest absolute Gasteiger partial charge is 0.354 e. The van der Waals surface area contributed by atoms with E-state index >= 15 is 0 Å². The van der Waals surface area contributed by atoms with Crippen LogP contribution in [0, 0.1) is 5.92 Å². The van der Waals surface area contributed by atoms with Gasteiger partial charge in [0.25, 0.3) is 10.0 Å². The van der Waals surface area contributed by atoms with E-state index in [4.69, 9.17) is 34.8 Å². The molecule has 0 fully saturated rings. The number of anilines is 1. The summed E-state index contributed by atoms with van der Waals surface area (Å²) in [6, 6.07) is 21.9. The Labute approximate surface area is 298 Å². The summed E-state index contributed by atoms with van der Waals surface area (Å²) in [6.07, 6.45) is -4.89. The molecule has 0 saturated carbocycles. The van der Waals surface area contributed by atoms with Gasteiger partial charge in [-0.2, -0.15) is 13.2 Å². The van der Waals surface area contributed by atoms with Crippen LogP contribution in [-0.2, 0) is 38.8 Å². The predicted molar refractivity (Wildman–Crippen MR) is 186 cm³/mol. The Balaban J connectivity index is 1.87. The Kier molecular flexibility index (Phi) is 12.6. The van der Waals surface area contributed by atoms with Crippen molar-refractivity contribution < 1.29 is 31.2 Å². The van der Waals surface area contributed by atoms with Crippen molar-refractivity contribution in [2.24, 2.45) is 5.92 Å². The van der Waals surface area contributed by atoms with Crippen LogP contribution in [0.5, 0.6) is 0 Å². The van der Waals surface area contributed by atoms with Gasteiger partial charge in [0.05, 0.1) is 21.2 Å². The SMILES string of the molecule is CC(C)CNC(=O)[C@@H](Cc1ccccc1)N(Cc1ccc(Cl)cc1Cl)C(=O)CN(c1ccc(Cl)c(C(F)(F)F)c1)S(=O)(=O)c1ccccc1. The van der Waals surface area contributed by atoms with Gasteiger partial charge in [-0.3, -0.25) is 13.9 Å². The first-order chi connectivity index (χ1) is 23.1. The van der Waals surface area contributed by atoms with Crippen molar-refractivity contribution in [1.82, 2.24) is 10.2 Å². The lowest BCUT2D eigenvalue weighted by atomic mass is 10.0. The third kappa shape index (κ3) is 9.91. The van der Waals surface area contributed by atoms with E-state index in [9.17, 15) is 31.2 Å². The molecule has 4 aromatic rings. The number of sulfonamides is 1. The van der Waals surface area contributed by atoms with E-state index in [-0.39, 0.29) is 35.3 Å². The van der Waals surface area contributed by atoms with Crippen molar-refractivity contribution in [2.45, 2.75) is 43.9 Å². The molecule has 1 atom stereocenters. The van der Waals surface area contributed by atoms with Crippen LogP contribution in [0.1, 0.15) is 30.5 Å². The molecular formula is C35H33Cl3F3N3O4S. The topological polar surface area (TPSA) is 86.8 Å². The number of rotatable bonds is 13. The molecule has 0 aliphatic heterocycles. The molecule has 0 heterocycles. The van der Waals surface area contributed by atoms with Crippen LogP contribution in [0.3, 0.4) is 0 Å². The Morgan fingerprint density at radius 3 is 2.06 bits per heavy atom. The summed E-state index contributed by atoms with van der Waals surface area (Å²) in [5, 5.41) is 2.72. The van der Waals surface area contributed by atoms with Crippen molar-refractivity contribution >= 4 is 62.3 Å². The highest BCUT2D eigenvalue weighted by Crippen LogP contribution is 2.38. The maximum Gasteiger partial charge on any atom is 0.417 e. The zero-order chi connectivity index (χ0) is 35.9. The minimum absolute atomic E-state index is 0.0340. The van der Waals surface area contributed by atoms with Crippen molar-refractivity contribution in [3.8, 4) is 0 Å². The number of carbonyl (C=O) groups excluding carboxylic acids is 2. The summed E-state index contributed by atoms with van der Waals surface area (Å²) in [7, 11) is -4.64. The van der Waals surface area contributed by atoms with E-state index in [1.165, 1.54) is 35.2 Å². The zero-order valence-electron chi connectivity index (χ0n) is 26.4. The molecule has 7 nitrogen and oxygen atoms in total. The highest BCUT2D eigenvalue weighted by atomic mass is 35.5. The quantitative estimate of drug-likeness (QED) is 0.149. The van der Waals surface area contributed by atoms with Gasteiger partial charge < -0.3 is 10.2 Å². The largest absolute Gasteiger partial charge is 0.417 e. The summed E-state index contributed by atoms with van der Waals surface area (Å²) < 4.78 is 70.6. The number of carbonyl (C=O) groups is 2. The molecule has 49 heavy (non-hydrogen) atoms. The molecule has 0 saturated heterocycles. The first kappa shape index (κ1) is 38.0. The second-order valence-electron chi connectivity index (χ2n) is 11.6. The summed E-state index contributed by atoms with van der Waals surface area (Å²) >= 11 is 18.5. The summed E-state index contributed by atoms with van der Waals surface area (Å²) in [6.45, 7) is 2.86. The number of hydrogen-bond acceptors (Lipinski definition) is 4. The molecule has 0 unspecified atom stereocenters. The number of hydrogen-bond donors (Lipinski definition) is 1. The van der Waals surface area contributed by atoms with Crippen molar-refractivity contribution in [1.29, 1.82) is 0 Å². The van der Waals surface area contributed by atoms with Gasteiger partial charge in [-0.05, 0) is 59.5 Å². The molecule has 0 aromatic heterocycles. The molecule has 4 aromatic carbocycles. The Morgan fingerprint density at radius 1 is 0.837 bits per heavy atom. The van der Waals surface area contributed by atoms with Crippen LogP contribution in [-0.4, -0.2) is 44.3 Å². The lowest BCUT2D eigenvalue weighted by Gasteiger charge is -2.34. The molecular weight excluding hydrogens is 722 g/mol. The average Bonchev–Trinajstić information content (AvgIpc) is 3.05. The molecule has 2 amide bonds. The molecule has 0 aliphatic rings. The van der Waals surface area contributed by atoms with Gasteiger partial charge in [-0.15, -0.1) is 0 Å². The van der Waals surface area contributed by atoms with Gasteiger partial charge in [0.1, 0.15) is 12.6 Å². The third-order valence-corrected chi connectivity index (χ3v) is 10.2. The summed E-state index contributed by atoms with van der Waals surface area (Å²) in [4.78, 5) is 29.3. The van der Waals surface area contributed by atoms with E-state index in [0.717, 1.165) is 12.1 Å². The number of amides is 2. The minimum Gasteiger partial charge on any atom is -0.354 e. The maximum atomic E-state index is 14.5. The van der Waals surface area contributed by atoms with Gasteiger partial charge in [-0.25, -0.2) is 8.42 Å². The van der Waals surface area contributed by atoms with E-state index in [0.29, 0.717) is 26.5 Å². The highest BCUT2D eigenvalue weighted by molar-refractivity contribution is 7.92. The van der Waals surface area contributed by atoms with Crippen LogP contribution < -0.4 is 9.62 Å². The lowest BCUT2D eigenvalue weighted by Crippen LogP contribution is -2.53. The fourth-order valence-electron chi connectivity index (χ4n) is 4.94. The number of halogens is 6. The minimum atomic E-state index is -4.92. The standard InChI is InChI=1S/C35H33Cl3F3N3O4S/c1-23(2)20-42-34(46)32(17-24-9-5-3-6-10-24)43(21-25-13-14-26(36)18-31(25)38)33(45)22-44(49(47,48)28-11-7-4-8-12-28)27-15-16-30(37)29(19-27)35(39,40)41/h3-16,18-19,23,32H,17,20-22H2,1-2H3,(H,42,46)/t32-/m1/s1. The predicted octanol–water partition coefficient (Wildman–Crippen LogP) is 8.27. The van der Waals surface area contributed by atoms with Crippen molar-refractivity contribution in [3.05, 3.63) is 129 Å². The van der Waals surface area contributed by atoms with Crippen LogP contribution in [0.15, 0.2) is 102 Å². The molecule has 4 rings (SSSR count). The Hall–Kier alpha value is -3.77. The Bertz CT molecular complexity index is 1880. The molecule has 260 valence electrons. The van der Waals surface area contributed by atoms with Crippen molar-refractivity contribution in [2.75, 3.05) is 17.4 Å². The maximum absolute atomic E-state index is 14.5. The monoisotopic (exact) mass is 753 g/mol. The van der Waals surface area contributed by atoms with E-state index in [2.05, 4.69) is 5.32 Å². The van der Waals surface area contributed by atoms with Gasteiger partial charge in [-0.1, -0.05) is 103 Å². The molecule has 1 N–H and O–H groups in total. The van der Waals surface area contributed by atoms with Crippen molar-refractivity contribution in [3.63, 3.8) is 0 Å². The van der Waals surface area contributed by atoms with E-state index < -0.39 is 56.9 Å². The molecule has 0 radical (unpaired) electrons. The molecule has 0 aliphatic carbocycles. The first-order valence-corrected chi connectivity index (χ1v) is 17.6. The number of nitrogens with zero attached hydrogens (tertiary/aromatic N) is 2. The van der Waals surface area contributed by atoms with Gasteiger partial charge in [0.2, 0.25) is 11.8 Å². The van der Waals surface area contributed by atoms with E-state index in [1.807, 2.05) is 13.8 Å². The highest BCUT2D eigenvalue weighted by Gasteiger charge is 2.38. The third-order valence-electron chi connectivity index (χ3n) is 7.46. The number of benzene rings is 4. The van der Waals surface area contributed by atoms with Gasteiger partial charge in [0.15, 0.2) is 0 Å². The lowest BCUT2D eigenvalue weighted by molar-refractivity contribution is -0.140. The zero-order valence-corrected chi connectivity index (χ0v) is 29.5. The van der Waals surface area contributed by atoms with Crippen LogP contribution in [0.25, 0.3) is 0 Å². The fourth-order valence-corrected chi connectivity index (χ4v) is 7.06. The molecule has 0 bridgehead atoms. The first-order valence-electron chi connectivity index (χ1n) is 15.1. The van der Waals surface area contributed by atoms with Crippen LogP contribution >= 0.6 is 34.8 Å². The number of nitrogens with one attached hydrogen (secondary N) is 1. The van der Waals surface area contributed by atoms with Gasteiger partial charge in [0, 0.05) is 29.6 Å². The summed E-state index contributed by atoms with van der Waals surface area (Å²) in [5.41, 5.74) is -0.639. The van der Waals surface area contributed by atoms with Gasteiger partial charge >= 0.3 is 6.18 Å². The average molecular weight is 755 g/mol. The van der Waals surface area contributed by atoms with E-state index in [1.54, 1.807) is 48.5 Å². The summed E-state index contributed by atoms with van der Waals surface area (Å²) in [5.74, 6) is -1.33. The molecule has 0 spiro atoms. The fraction of sp³-hybridized carbons (Fsp3) is 0.257. The Morgan fingerprint density at radius 2 is 1.47 bits per heavy atom. The number of alkyl halides is 3. The second-order valence-corrected chi connectivity index (χ2v) is 14.7. The molecule has 14 heteroatoms. The second kappa shape index (κ2) is 16.3. The van der Waals surface area contributed by atoms with Crippen LogP contribution in [0.2, 0.25) is 15.1 Å². The normalized spacial score (nSPS) is 12.4. The van der Waals surface area contributed by atoms with Crippen LogP contribution in [0.4, 0.5) is 18.9 Å².